The standard InChI is InChI=1S/C19H24N4O2/c1-12(2)8-15-10-17(22(3)21-15)19(25)23-11-14-7-5-4-6-13(14)9-16(23)18(20)24/h4-7,10,12,16H,8-9,11H2,1-3H3,(H2,20,24). The van der Waals surface area contributed by atoms with Gasteiger partial charge in [0, 0.05) is 20.0 Å². The first-order chi connectivity index (χ1) is 11.9. The highest BCUT2D eigenvalue weighted by molar-refractivity contribution is 5.96. The number of hydrogen-bond acceptors (Lipinski definition) is 3. The van der Waals surface area contributed by atoms with E-state index in [0.717, 1.165) is 23.2 Å². The molecule has 0 saturated heterocycles. The van der Waals surface area contributed by atoms with Gasteiger partial charge >= 0.3 is 0 Å². The summed E-state index contributed by atoms with van der Waals surface area (Å²) in [5.74, 6) is -0.228. The van der Waals surface area contributed by atoms with E-state index < -0.39 is 11.9 Å². The lowest BCUT2D eigenvalue weighted by molar-refractivity contribution is -0.122. The highest BCUT2D eigenvalue weighted by Crippen LogP contribution is 2.25. The molecule has 1 aromatic carbocycles. The van der Waals surface area contributed by atoms with Crippen molar-refractivity contribution in [1.82, 2.24) is 14.7 Å². The molecule has 1 atom stereocenters. The number of amides is 2. The maximum atomic E-state index is 13.1. The van der Waals surface area contributed by atoms with E-state index in [-0.39, 0.29) is 5.91 Å². The van der Waals surface area contributed by atoms with Crippen molar-refractivity contribution >= 4 is 11.8 Å². The zero-order chi connectivity index (χ0) is 18.1. The molecule has 1 unspecified atom stereocenters. The van der Waals surface area contributed by atoms with E-state index in [1.807, 2.05) is 30.3 Å². The fourth-order valence-electron chi connectivity index (χ4n) is 3.38. The van der Waals surface area contributed by atoms with E-state index in [1.165, 1.54) is 0 Å². The molecule has 0 bridgehead atoms. The zero-order valence-electron chi connectivity index (χ0n) is 14.9. The summed E-state index contributed by atoms with van der Waals surface area (Å²) >= 11 is 0. The number of benzene rings is 1. The van der Waals surface area contributed by atoms with Gasteiger partial charge in [0.1, 0.15) is 11.7 Å². The van der Waals surface area contributed by atoms with Crippen molar-refractivity contribution in [2.24, 2.45) is 18.7 Å². The highest BCUT2D eigenvalue weighted by Gasteiger charge is 2.35. The van der Waals surface area contributed by atoms with Crippen LogP contribution >= 0.6 is 0 Å². The van der Waals surface area contributed by atoms with Gasteiger partial charge in [-0.25, -0.2) is 0 Å². The van der Waals surface area contributed by atoms with Gasteiger partial charge in [-0.15, -0.1) is 0 Å². The molecule has 2 heterocycles. The van der Waals surface area contributed by atoms with E-state index in [4.69, 9.17) is 5.73 Å². The lowest BCUT2D eigenvalue weighted by atomic mass is 9.93. The zero-order valence-corrected chi connectivity index (χ0v) is 14.9. The Balaban J connectivity index is 1.92. The van der Waals surface area contributed by atoms with Crippen molar-refractivity contribution in [3.8, 4) is 0 Å². The van der Waals surface area contributed by atoms with Crippen LogP contribution in [0.3, 0.4) is 0 Å². The van der Waals surface area contributed by atoms with Crippen molar-refractivity contribution in [3.05, 3.63) is 52.8 Å². The second kappa shape index (κ2) is 6.70. The van der Waals surface area contributed by atoms with Gasteiger partial charge in [0.15, 0.2) is 0 Å². The van der Waals surface area contributed by atoms with Crippen LogP contribution in [0.5, 0.6) is 0 Å². The fraction of sp³-hybridized carbons (Fsp3) is 0.421. The number of aryl methyl sites for hydroxylation is 1. The summed E-state index contributed by atoms with van der Waals surface area (Å²) in [5.41, 5.74) is 9.08. The number of carbonyl (C=O) groups is 2. The highest BCUT2D eigenvalue weighted by atomic mass is 16.2. The minimum absolute atomic E-state index is 0.205. The molecule has 2 amide bonds. The van der Waals surface area contributed by atoms with Crippen molar-refractivity contribution < 1.29 is 9.59 Å². The molecule has 0 radical (unpaired) electrons. The van der Waals surface area contributed by atoms with Crippen LogP contribution in [-0.2, 0) is 31.2 Å². The Bertz CT molecular complexity index is 810. The van der Waals surface area contributed by atoms with Crippen molar-refractivity contribution in [1.29, 1.82) is 0 Å². The number of rotatable bonds is 4. The summed E-state index contributed by atoms with van der Waals surface area (Å²) in [6.45, 7) is 4.61. The van der Waals surface area contributed by atoms with Gasteiger partial charge in [0.25, 0.3) is 5.91 Å². The van der Waals surface area contributed by atoms with Crippen LogP contribution < -0.4 is 5.73 Å². The maximum Gasteiger partial charge on any atom is 0.273 e. The molecule has 3 rings (SSSR count). The van der Waals surface area contributed by atoms with E-state index in [9.17, 15) is 9.59 Å². The average Bonchev–Trinajstić information content (AvgIpc) is 2.92. The van der Waals surface area contributed by atoms with E-state index in [0.29, 0.717) is 24.6 Å². The molecule has 2 N–H and O–H groups in total. The number of nitrogens with zero attached hydrogens (tertiary/aromatic N) is 3. The molecule has 1 aromatic heterocycles. The Labute approximate surface area is 147 Å². The van der Waals surface area contributed by atoms with Gasteiger partial charge < -0.3 is 10.6 Å². The number of nitrogens with two attached hydrogens (primary N) is 1. The normalized spacial score (nSPS) is 16.8. The molecule has 132 valence electrons. The molecule has 0 saturated carbocycles. The van der Waals surface area contributed by atoms with Gasteiger partial charge in [-0.3, -0.25) is 14.3 Å². The monoisotopic (exact) mass is 340 g/mol. The Hall–Kier alpha value is -2.63. The van der Waals surface area contributed by atoms with Crippen LogP contribution in [0.4, 0.5) is 0 Å². The molecule has 2 aromatic rings. The summed E-state index contributed by atoms with van der Waals surface area (Å²) in [7, 11) is 1.76. The summed E-state index contributed by atoms with van der Waals surface area (Å²) in [5, 5.41) is 4.43. The topological polar surface area (TPSA) is 81.2 Å². The Morgan fingerprint density at radius 1 is 1.28 bits per heavy atom. The number of aromatic nitrogens is 2. The molecular weight excluding hydrogens is 316 g/mol. The van der Waals surface area contributed by atoms with Gasteiger partial charge in [-0.1, -0.05) is 38.1 Å². The summed E-state index contributed by atoms with van der Waals surface area (Å²) < 4.78 is 1.60. The summed E-state index contributed by atoms with van der Waals surface area (Å²) in [4.78, 5) is 26.6. The third kappa shape index (κ3) is 3.43. The minimum Gasteiger partial charge on any atom is -0.368 e. The Kier molecular flexibility index (Phi) is 4.61. The number of primary amides is 1. The van der Waals surface area contributed by atoms with Crippen LogP contribution in [-0.4, -0.2) is 32.5 Å². The van der Waals surface area contributed by atoms with Crippen molar-refractivity contribution in [2.75, 3.05) is 0 Å². The first-order valence-corrected chi connectivity index (χ1v) is 8.56. The molecule has 1 aliphatic heterocycles. The van der Waals surface area contributed by atoms with E-state index in [1.54, 1.807) is 16.6 Å². The SMILES string of the molecule is CC(C)Cc1cc(C(=O)N2Cc3ccccc3CC2C(N)=O)n(C)n1. The van der Waals surface area contributed by atoms with Crippen molar-refractivity contribution in [2.45, 2.75) is 39.3 Å². The summed E-state index contributed by atoms with van der Waals surface area (Å²) in [6.07, 6.45) is 1.26. The van der Waals surface area contributed by atoms with E-state index in [2.05, 4.69) is 18.9 Å². The molecule has 25 heavy (non-hydrogen) atoms. The lowest BCUT2D eigenvalue weighted by Crippen LogP contribution is -2.51. The second-order valence-electron chi connectivity index (χ2n) is 7.07. The largest absolute Gasteiger partial charge is 0.368 e. The van der Waals surface area contributed by atoms with Gasteiger partial charge in [-0.05, 0) is 29.5 Å². The maximum absolute atomic E-state index is 13.1. The van der Waals surface area contributed by atoms with Gasteiger partial charge in [-0.2, -0.15) is 5.10 Å². The molecule has 1 aliphatic rings. The number of carbonyl (C=O) groups excluding carboxylic acids is 2. The first-order valence-electron chi connectivity index (χ1n) is 8.56. The second-order valence-corrected chi connectivity index (χ2v) is 7.07. The van der Waals surface area contributed by atoms with Crippen LogP contribution in [0.25, 0.3) is 0 Å². The molecule has 0 aliphatic carbocycles. The van der Waals surface area contributed by atoms with Crippen LogP contribution in [0.2, 0.25) is 0 Å². The van der Waals surface area contributed by atoms with E-state index >= 15 is 0 Å². The predicted octanol–water partition coefficient (Wildman–Crippen LogP) is 1.67. The first kappa shape index (κ1) is 17.2. The number of fused-ring (bicyclic) bond motifs is 1. The molecule has 6 heteroatoms. The molecule has 6 nitrogen and oxygen atoms in total. The minimum atomic E-state index is -0.633. The van der Waals surface area contributed by atoms with Crippen molar-refractivity contribution in [3.63, 3.8) is 0 Å². The summed E-state index contributed by atoms with van der Waals surface area (Å²) in [6, 6.07) is 9.04. The quantitative estimate of drug-likeness (QED) is 0.919. The predicted molar refractivity (Wildman–Crippen MR) is 94.8 cm³/mol. The van der Waals surface area contributed by atoms with Gasteiger partial charge in [0.05, 0.1) is 5.69 Å². The average molecular weight is 340 g/mol. The smallest absolute Gasteiger partial charge is 0.273 e. The van der Waals surface area contributed by atoms with Crippen LogP contribution in [0.15, 0.2) is 30.3 Å². The fourth-order valence-corrected chi connectivity index (χ4v) is 3.38. The van der Waals surface area contributed by atoms with Gasteiger partial charge in [0.2, 0.25) is 5.91 Å². The number of hydrogen-bond donors (Lipinski definition) is 1. The Morgan fingerprint density at radius 2 is 1.96 bits per heavy atom. The Morgan fingerprint density at radius 3 is 2.60 bits per heavy atom. The van der Waals surface area contributed by atoms with Crippen LogP contribution in [0, 0.1) is 5.92 Å². The molecular formula is C19H24N4O2. The third-order valence-corrected chi connectivity index (χ3v) is 4.60. The third-order valence-electron chi connectivity index (χ3n) is 4.60. The molecule has 0 spiro atoms. The molecule has 0 fully saturated rings. The van der Waals surface area contributed by atoms with Crippen LogP contribution in [0.1, 0.15) is 41.2 Å². The lowest BCUT2D eigenvalue weighted by Gasteiger charge is -2.35.